The van der Waals surface area contributed by atoms with Crippen LogP contribution >= 0.6 is 0 Å². The fourth-order valence-corrected chi connectivity index (χ4v) is 0.968. The van der Waals surface area contributed by atoms with Gasteiger partial charge in [-0.2, -0.15) is 0 Å². The van der Waals surface area contributed by atoms with E-state index < -0.39 is 5.97 Å². The summed E-state index contributed by atoms with van der Waals surface area (Å²) < 4.78 is 4.72. The van der Waals surface area contributed by atoms with Crippen LogP contribution in [0.3, 0.4) is 0 Å². The number of carbonyl (C=O) groups is 1. The van der Waals surface area contributed by atoms with Crippen LogP contribution in [0.4, 0.5) is 5.69 Å². The Labute approximate surface area is 88.0 Å². The molecule has 80 valence electrons. The van der Waals surface area contributed by atoms with Gasteiger partial charge in [-0.15, -0.1) is 0 Å². The molecule has 1 aromatic heterocycles. The largest absolute Gasteiger partial charge is 0.463 e. The second-order valence-corrected chi connectivity index (χ2v) is 2.84. The lowest BCUT2D eigenvalue weighted by atomic mass is 10.3. The Morgan fingerprint density at radius 3 is 3.07 bits per heavy atom. The Morgan fingerprint density at radius 1 is 1.67 bits per heavy atom. The van der Waals surface area contributed by atoms with Gasteiger partial charge in [0, 0.05) is 6.08 Å². The molecule has 0 aromatic carbocycles. The molecular formula is C10H13N3O2. The monoisotopic (exact) mass is 207 g/mol. The Hall–Kier alpha value is -1.91. The van der Waals surface area contributed by atoms with Gasteiger partial charge in [-0.1, -0.05) is 0 Å². The summed E-state index contributed by atoms with van der Waals surface area (Å²) in [6.45, 7) is 3.84. The molecule has 0 aliphatic rings. The Balaban J connectivity index is 2.79. The number of hydrogen-bond donors (Lipinski definition) is 1. The molecule has 2 N–H and O–H groups in total. The number of nitrogens with two attached hydrogens (primary N) is 1. The number of nitrogen functional groups attached to an aromatic ring is 1. The summed E-state index contributed by atoms with van der Waals surface area (Å²) in [4.78, 5) is 19.0. The lowest BCUT2D eigenvalue weighted by Crippen LogP contribution is -2.01. The lowest BCUT2D eigenvalue weighted by molar-refractivity contribution is -0.137. The first kappa shape index (κ1) is 11.2. The van der Waals surface area contributed by atoms with Crippen molar-refractivity contribution in [2.24, 2.45) is 0 Å². The fourth-order valence-electron chi connectivity index (χ4n) is 0.968. The molecule has 15 heavy (non-hydrogen) atoms. The van der Waals surface area contributed by atoms with Gasteiger partial charge in [0.2, 0.25) is 0 Å². The molecule has 0 atom stereocenters. The van der Waals surface area contributed by atoms with Crippen LogP contribution in [0.2, 0.25) is 0 Å². The molecule has 1 heterocycles. The average Bonchev–Trinajstić information content (AvgIpc) is 2.20. The molecule has 0 spiro atoms. The smallest absolute Gasteiger partial charge is 0.330 e. The maximum atomic E-state index is 11.0. The summed E-state index contributed by atoms with van der Waals surface area (Å²) in [5, 5.41) is 0. The molecule has 5 nitrogen and oxygen atoms in total. The van der Waals surface area contributed by atoms with Crippen LogP contribution in [0, 0.1) is 6.92 Å². The molecule has 0 unspecified atom stereocenters. The van der Waals surface area contributed by atoms with Crippen molar-refractivity contribution in [3.05, 3.63) is 23.8 Å². The molecule has 0 saturated heterocycles. The molecule has 0 bridgehead atoms. The Morgan fingerprint density at radius 2 is 2.40 bits per heavy atom. The van der Waals surface area contributed by atoms with E-state index in [4.69, 9.17) is 10.5 Å². The van der Waals surface area contributed by atoms with Gasteiger partial charge in [0.15, 0.2) is 0 Å². The molecular weight excluding hydrogens is 194 g/mol. The third-order valence-electron chi connectivity index (χ3n) is 1.63. The Bertz CT molecular complexity index is 388. The van der Waals surface area contributed by atoms with Crippen molar-refractivity contribution >= 4 is 17.7 Å². The number of anilines is 1. The number of hydrogen-bond acceptors (Lipinski definition) is 5. The zero-order chi connectivity index (χ0) is 11.3. The zero-order valence-corrected chi connectivity index (χ0v) is 8.73. The van der Waals surface area contributed by atoms with E-state index in [0.29, 0.717) is 23.8 Å². The van der Waals surface area contributed by atoms with Crippen molar-refractivity contribution < 1.29 is 9.53 Å². The number of aryl methyl sites for hydroxylation is 1. The molecule has 0 radical (unpaired) electrons. The predicted octanol–water partition coefficient (Wildman–Crippen LogP) is 0.944. The summed E-state index contributed by atoms with van der Waals surface area (Å²) in [5.41, 5.74) is 6.58. The average molecular weight is 207 g/mol. The van der Waals surface area contributed by atoms with Crippen LogP contribution in [0.15, 0.2) is 12.3 Å². The van der Waals surface area contributed by atoms with Crippen LogP contribution in [-0.2, 0) is 9.53 Å². The summed E-state index contributed by atoms with van der Waals surface area (Å²) >= 11 is 0. The normalized spacial score (nSPS) is 10.5. The fraction of sp³-hybridized carbons (Fsp3) is 0.300. The van der Waals surface area contributed by atoms with Crippen molar-refractivity contribution in [1.82, 2.24) is 9.97 Å². The molecule has 0 amide bonds. The molecule has 0 fully saturated rings. The number of carbonyl (C=O) groups excluding carboxylic acids is 1. The molecule has 0 saturated carbocycles. The minimum absolute atomic E-state index is 0.349. The Kier molecular flexibility index (Phi) is 3.79. The van der Waals surface area contributed by atoms with E-state index in [1.54, 1.807) is 13.8 Å². The topological polar surface area (TPSA) is 78.1 Å². The van der Waals surface area contributed by atoms with Crippen LogP contribution in [-0.4, -0.2) is 22.5 Å². The number of esters is 1. The summed E-state index contributed by atoms with van der Waals surface area (Å²) in [5.74, 6) is 0.195. The van der Waals surface area contributed by atoms with E-state index in [0.717, 1.165) is 0 Å². The van der Waals surface area contributed by atoms with E-state index in [1.807, 2.05) is 0 Å². The first-order valence-electron chi connectivity index (χ1n) is 4.57. The second-order valence-electron chi connectivity index (χ2n) is 2.84. The van der Waals surface area contributed by atoms with Gasteiger partial charge in [-0.3, -0.25) is 0 Å². The van der Waals surface area contributed by atoms with E-state index in [1.165, 1.54) is 18.3 Å². The summed E-state index contributed by atoms with van der Waals surface area (Å²) in [6.07, 6.45) is 4.32. The summed E-state index contributed by atoms with van der Waals surface area (Å²) in [7, 11) is 0. The predicted molar refractivity (Wildman–Crippen MR) is 56.8 cm³/mol. The van der Waals surface area contributed by atoms with Crippen LogP contribution in [0.5, 0.6) is 0 Å². The maximum absolute atomic E-state index is 11.0. The van der Waals surface area contributed by atoms with E-state index in [-0.39, 0.29) is 0 Å². The first-order valence-corrected chi connectivity index (χ1v) is 4.57. The maximum Gasteiger partial charge on any atom is 0.330 e. The van der Waals surface area contributed by atoms with Crippen LogP contribution in [0.1, 0.15) is 18.4 Å². The summed E-state index contributed by atoms with van der Waals surface area (Å²) in [6, 6.07) is 0. The second kappa shape index (κ2) is 5.09. The van der Waals surface area contributed by atoms with Crippen LogP contribution < -0.4 is 5.73 Å². The highest BCUT2D eigenvalue weighted by molar-refractivity contribution is 5.87. The minimum Gasteiger partial charge on any atom is -0.463 e. The van der Waals surface area contributed by atoms with Crippen molar-refractivity contribution in [2.75, 3.05) is 12.3 Å². The number of ether oxygens (including phenoxy) is 1. The van der Waals surface area contributed by atoms with Crippen molar-refractivity contribution in [1.29, 1.82) is 0 Å². The van der Waals surface area contributed by atoms with E-state index in [2.05, 4.69) is 9.97 Å². The number of nitrogens with zero attached hydrogens (tertiary/aromatic N) is 2. The number of rotatable bonds is 3. The van der Waals surface area contributed by atoms with Gasteiger partial charge in [-0.25, -0.2) is 14.8 Å². The minimum atomic E-state index is -0.409. The molecule has 1 rings (SSSR count). The third kappa shape index (κ3) is 3.38. The molecule has 0 aliphatic carbocycles. The lowest BCUT2D eigenvalue weighted by Gasteiger charge is -1.99. The quantitative estimate of drug-likeness (QED) is 0.589. The van der Waals surface area contributed by atoms with Gasteiger partial charge < -0.3 is 10.5 Å². The highest BCUT2D eigenvalue weighted by Crippen LogP contribution is 2.08. The van der Waals surface area contributed by atoms with E-state index >= 15 is 0 Å². The third-order valence-corrected chi connectivity index (χ3v) is 1.63. The van der Waals surface area contributed by atoms with Crippen LogP contribution in [0.25, 0.3) is 6.08 Å². The van der Waals surface area contributed by atoms with Gasteiger partial charge in [0.05, 0.1) is 24.2 Å². The molecule has 1 aromatic rings. The first-order chi connectivity index (χ1) is 7.13. The van der Waals surface area contributed by atoms with Gasteiger partial charge in [-0.05, 0) is 19.9 Å². The van der Waals surface area contributed by atoms with Gasteiger partial charge >= 0.3 is 5.97 Å². The molecule has 5 heteroatoms. The SMILES string of the molecule is CCOC(=O)/C=C/c1nc(C)ncc1N. The highest BCUT2D eigenvalue weighted by atomic mass is 16.5. The van der Waals surface area contributed by atoms with Gasteiger partial charge in [0.1, 0.15) is 5.82 Å². The van der Waals surface area contributed by atoms with Crippen molar-refractivity contribution in [2.45, 2.75) is 13.8 Å². The zero-order valence-electron chi connectivity index (χ0n) is 8.73. The van der Waals surface area contributed by atoms with Crippen molar-refractivity contribution in [3.63, 3.8) is 0 Å². The van der Waals surface area contributed by atoms with Crippen molar-refractivity contribution in [3.8, 4) is 0 Å². The molecule has 0 aliphatic heterocycles. The highest BCUT2D eigenvalue weighted by Gasteiger charge is 1.99. The standard InChI is InChI=1S/C10H13N3O2/c1-3-15-10(14)5-4-9-8(11)6-12-7(2)13-9/h4-6H,3,11H2,1-2H3/b5-4+. The van der Waals surface area contributed by atoms with E-state index in [9.17, 15) is 4.79 Å². The number of aromatic nitrogens is 2. The van der Waals surface area contributed by atoms with Gasteiger partial charge in [0.25, 0.3) is 0 Å².